The first-order valence-corrected chi connectivity index (χ1v) is 10.3. The SMILES string of the molecule is O=C(CN1CCCCC1)Nc1ccc2c(c1)[C@@H]1Oc3ccccc3C[C@@H]1CO2. The molecule has 5 rings (SSSR count). The van der Waals surface area contributed by atoms with Crippen LogP contribution in [0.5, 0.6) is 11.5 Å². The van der Waals surface area contributed by atoms with Gasteiger partial charge in [0.2, 0.25) is 5.91 Å². The Morgan fingerprint density at radius 2 is 1.93 bits per heavy atom. The highest BCUT2D eigenvalue weighted by Crippen LogP contribution is 2.45. The zero-order chi connectivity index (χ0) is 18.9. The molecular formula is C23H26N2O3. The van der Waals surface area contributed by atoms with E-state index in [0.717, 1.165) is 42.3 Å². The Balaban J connectivity index is 1.33. The number of carbonyl (C=O) groups excluding carboxylic acids is 1. The molecule has 1 N–H and O–H groups in total. The maximum atomic E-state index is 12.5. The summed E-state index contributed by atoms with van der Waals surface area (Å²) in [5.41, 5.74) is 3.08. The van der Waals surface area contributed by atoms with Gasteiger partial charge in [-0.1, -0.05) is 24.6 Å². The van der Waals surface area contributed by atoms with Crippen LogP contribution < -0.4 is 14.8 Å². The maximum Gasteiger partial charge on any atom is 0.238 e. The number of anilines is 1. The molecule has 28 heavy (non-hydrogen) atoms. The average Bonchev–Trinajstić information content (AvgIpc) is 2.73. The molecule has 1 saturated heterocycles. The second-order valence-corrected chi connectivity index (χ2v) is 8.06. The maximum absolute atomic E-state index is 12.5. The van der Waals surface area contributed by atoms with E-state index in [2.05, 4.69) is 22.3 Å². The largest absolute Gasteiger partial charge is 0.493 e. The van der Waals surface area contributed by atoms with Gasteiger partial charge in [0.25, 0.3) is 0 Å². The van der Waals surface area contributed by atoms with Crippen LogP contribution in [0.1, 0.15) is 36.5 Å². The van der Waals surface area contributed by atoms with E-state index in [1.165, 1.54) is 24.8 Å². The number of rotatable bonds is 3. The molecule has 146 valence electrons. The summed E-state index contributed by atoms with van der Waals surface area (Å²) in [5.74, 6) is 2.15. The first-order valence-electron chi connectivity index (χ1n) is 10.3. The zero-order valence-electron chi connectivity index (χ0n) is 16.0. The number of nitrogens with zero attached hydrogens (tertiary/aromatic N) is 1. The van der Waals surface area contributed by atoms with Crippen LogP contribution in [-0.4, -0.2) is 37.0 Å². The monoisotopic (exact) mass is 378 g/mol. The fourth-order valence-electron chi connectivity index (χ4n) is 4.57. The van der Waals surface area contributed by atoms with Gasteiger partial charge in [-0.05, 0) is 62.2 Å². The van der Waals surface area contributed by atoms with E-state index in [1.807, 2.05) is 30.3 Å². The molecule has 3 aliphatic rings. The molecule has 0 aromatic heterocycles. The molecule has 0 spiro atoms. The van der Waals surface area contributed by atoms with Crippen molar-refractivity contribution in [2.75, 3.05) is 31.6 Å². The summed E-state index contributed by atoms with van der Waals surface area (Å²) in [6, 6.07) is 14.1. The first kappa shape index (κ1) is 17.6. The van der Waals surface area contributed by atoms with Crippen molar-refractivity contribution < 1.29 is 14.3 Å². The Hall–Kier alpha value is -2.53. The molecule has 1 fully saturated rings. The van der Waals surface area contributed by atoms with Crippen molar-refractivity contribution in [2.45, 2.75) is 31.8 Å². The second kappa shape index (κ2) is 7.47. The quantitative estimate of drug-likeness (QED) is 0.883. The molecule has 0 aliphatic carbocycles. The average molecular weight is 378 g/mol. The normalized spacial score (nSPS) is 23.4. The molecule has 2 atom stereocenters. The van der Waals surface area contributed by atoms with E-state index in [1.54, 1.807) is 0 Å². The second-order valence-electron chi connectivity index (χ2n) is 8.06. The minimum atomic E-state index is -0.0300. The molecule has 0 radical (unpaired) electrons. The molecule has 0 bridgehead atoms. The van der Waals surface area contributed by atoms with Crippen molar-refractivity contribution >= 4 is 11.6 Å². The predicted molar refractivity (Wildman–Crippen MR) is 108 cm³/mol. The van der Waals surface area contributed by atoms with Crippen molar-refractivity contribution in [2.24, 2.45) is 5.92 Å². The van der Waals surface area contributed by atoms with E-state index in [-0.39, 0.29) is 12.0 Å². The number of nitrogens with one attached hydrogen (secondary N) is 1. The number of para-hydroxylation sites is 1. The standard InChI is InChI=1S/C23H26N2O3/c26-22(14-25-10-4-1-5-11-25)24-18-8-9-21-19(13-18)23-17(15-27-21)12-16-6-2-3-7-20(16)28-23/h2-3,6-9,13,17,23H,1,4-5,10-12,14-15H2,(H,24,26)/t17-,23-/m1/s1. The minimum absolute atomic E-state index is 0.0300. The fraction of sp³-hybridized carbons (Fsp3) is 0.435. The van der Waals surface area contributed by atoms with Crippen LogP contribution in [0.2, 0.25) is 0 Å². The number of hydrogen-bond donors (Lipinski definition) is 1. The Labute approximate surface area is 165 Å². The predicted octanol–water partition coefficient (Wildman–Crippen LogP) is 3.80. The number of ether oxygens (including phenoxy) is 2. The zero-order valence-corrected chi connectivity index (χ0v) is 16.0. The van der Waals surface area contributed by atoms with Crippen LogP contribution in [-0.2, 0) is 11.2 Å². The number of amides is 1. The van der Waals surface area contributed by atoms with E-state index >= 15 is 0 Å². The van der Waals surface area contributed by atoms with Gasteiger partial charge in [0.1, 0.15) is 17.6 Å². The Kier molecular flexibility index (Phi) is 4.69. The van der Waals surface area contributed by atoms with Crippen LogP contribution in [0.15, 0.2) is 42.5 Å². The van der Waals surface area contributed by atoms with Crippen LogP contribution in [0.4, 0.5) is 5.69 Å². The Morgan fingerprint density at radius 3 is 2.82 bits per heavy atom. The molecule has 1 amide bonds. The molecule has 2 aromatic rings. The molecule has 0 saturated carbocycles. The Bertz CT molecular complexity index is 876. The van der Waals surface area contributed by atoms with E-state index in [9.17, 15) is 4.79 Å². The molecule has 3 heterocycles. The van der Waals surface area contributed by atoms with Crippen molar-refractivity contribution in [3.8, 4) is 11.5 Å². The van der Waals surface area contributed by atoms with Crippen molar-refractivity contribution in [3.63, 3.8) is 0 Å². The minimum Gasteiger partial charge on any atom is -0.493 e. The van der Waals surface area contributed by atoms with Gasteiger partial charge >= 0.3 is 0 Å². The number of carbonyl (C=O) groups is 1. The summed E-state index contributed by atoms with van der Waals surface area (Å²) < 4.78 is 12.3. The van der Waals surface area contributed by atoms with E-state index in [4.69, 9.17) is 9.47 Å². The lowest BCUT2D eigenvalue weighted by molar-refractivity contribution is -0.117. The third kappa shape index (κ3) is 3.47. The molecule has 2 aromatic carbocycles. The van der Waals surface area contributed by atoms with Crippen molar-refractivity contribution in [3.05, 3.63) is 53.6 Å². The number of hydrogen-bond acceptors (Lipinski definition) is 4. The van der Waals surface area contributed by atoms with E-state index < -0.39 is 0 Å². The lowest BCUT2D eigenvalue weighted by Gasteiger charge is -2.38. The van der Waals surface area contributed by atoms with Crippen LogP contribution in [0, 0.1) is 5.92 Å². The summed E-state index contributed by atoms with van der Waals surface area (Å²) >= 11 is 0. The lowest BCUT2D eigenvalue weighted by atomic mass is 9.85. The van der Waals surface area contributed by atoms with Crippen LogP contribution in [0.3, 0.4) is 0 Å². The van der Waals surface area contributed by atoms with Gasteiger partial charge in [0.05, 0.1) is 13.2 Å². The van der Waals surface area contributed by atoms with Gasteiger partial charge < -0.3 is 14.8 Å². The molecule has 3 aliphatic heterocycles. The van der Waals surface area contributed by atoms with Crippen LogP contribution in [0.25, 0.3) is 0 Å². The number of piperidine rings is 1. The lowest BCUT2D eigenvalue weighted by Crippen LogP contribution is -2.37. The topological polar surface area (TPSA) is 50.8 Å². The van der Waals surface area contributed by atoms with Gasteiger partial charge in [0.15, 0.2) is 0 Å². The number of likely N-dealkylation sites (tertiary alicyclic amines) is 1. The highest BCUT2D eigenvalue weighted by atomic mass is 16.5. The van der Waals surface area contributed by atoms with Crippen molar-refractivity contribution in [1.82, 2.24) is 4.90 Å². The van der Waals surface area contributed by atoms with Gasteiger partial charge in [-0.2, -0.15) is 0 Å². The summed E-state index contributed by atoms with van der Waals surface area (Å²) in [7, 11) is 0. The third-order valence-electron chi connectivity index (χ3n) is 6.01. The molecule has 5 nitrogen and oxygen atoms in total. The van der Waals surface area contributed by atoms with E-state index in [0.29, 0.717) is 19.1 Å². The van der Waals surface area contributed by atoms with Gasteiger partial charge in [-0.3, -0.25) is 9.69 Å². The fourth-order valence-corrected chi connectivity index (χ4v) is 4.57. The number of benzene rings is 2. The van der Waals surface area contributed by atoms with Gasteiger partial charge in [0, 0.05) is 17.2 Å². The Morgan fingerprint density at radius 1 is 1.07 bits per heavy atom. The summed E-state index contributed by atoms with van der Waals surface area (Å²) in [5, 5.41) is 3.06. The summed E-state index contributed by atoms with van der Waals surface area (Å²) in [6.07, 6.45) is 4.56. The van der Waals surface area contributed by atoms with Crippen LogP contribution >= 0.6 is 0 Å². The summed E-state index contributed by atoms with van der Waals surface area (Å²) in [4.78, 5) is 14.7. The third-order valence-corrected chi connectivity index (χ3v) is 6.01. The molecular weight excluding hydrogens is 352 g/mol. The highest BCUT2D eigenvalue weighted by Gasteiger charge is 2.37. The van der Waals surface area contributed by atoms with Gasteiger partial charge in [-0.25, -0.2) is 0 Å². The molecule has 5 heteroatoms. The smallest absolute Gasteiger partial charge is 0.238 e. The molecule has 0 unspecified atom stereocenters. The number of fused-ring (bicyclic) bond motifs is 4. The van der Waals surface area contributed by atoms with Gasteiger partial charge in [-0.15, -0.1) is 0 Å². The van der Waals surface area contributed by atoms with Crippen molar-refractivity contribution in [1.29, 1.82) is 0 Å². The summed E-state index contributed by atoms with van der Waals surface area (Å²) in [6.45, 7) is 3.15. The first-order chi connectivity index (χ1) is 13.8. The highest BCUT2D eigenvalue weighted by molar-refractivity contribution is 5.92.